The average molecular weight is 222 g/mol. The molecule has 0 amide bonds. The SMILES string of the molecule is Nc1ccc(NCCCOCC2CC2)nn1. The van der Waals surface area contributed by atoms with Crippen molar-refractivity contribution in [2.24, 2.45) is 5.92 Å². The molecule has 0 atom stereocenters. The quantitative estimate of drug-likeness (QED) is 0.680. The molecule has 5 heteroatoms. The van der Waals surface area contributed by atoms with Crippen molar-refractivity contribution in [1.82, 2.24) is 10.2 Å². The zero-order chi connectivity index (χ0) is 11.2. The van der Waals surface area contributed by atoms with Crippen molar-refractivity contribution in [3.8, 4) is 0 Å². The van der Waals surface area contributed by atoms with E-state index in [4.69, 9.17) is 10.5 Å². The third-order valence-electron chi connectivity index (χ3n) is 2.51. The van der Waals surface area contributed by atoms with Gasteiger partial charge in [0.25, 0.3) is 0 Å². The van der Waals surface area contributed by atoms with Crippen molar-refractivity contribution in [3.63, 3.8) is 0 Å². The van der Waals surface area contributed by atoms with Gasteiger partial charge in [0.2, 0.25) is 0 Å². The van der Waals surface area contributed by atoms with Gasteiger partial charge < -0.3 is 15.8 Å². The molecule has 88 valence electrons. The van der Waals surface area contributed by atoms with E-state index in [1.165, 1.54) is 12.8 Å². The second kappa shape index (κ2) is 5.65. The fourth-order valence-corrected chi connectivity index (χ4v) is 1.36. The fourth-order valence-electron chi connectivity index (χ4n) is 1.36. The Balaban J connectivity index is 1.51. The predicted molar refractivity (Wildman–Crippen MR) is 63.1 cm³/mol. The van der Waals surface area contributed by atoms with Gasteiger partial charge in [0.1, 0.15) is 11.6 Å². The van der Waals surface area contributed by atoms with Crippen molar-refractivity contribution in [2.75, 3.05) is 30.8 Å². The number of aromatic nitrogens is 2. The molecule has 1 aromatic heterocycles. The number of nitrogens with zero attached hydrogens (tertiary/aromatic N) is 2. The van der Waals surface area contributed by atoms with Gasteiger partial charge in [-0.3, -0.25) is 0 Å². The largest absolute Gasteiger partial charge is 0.382 e. The normalized spacial score (nSPS) is 15.0. The summed E-state index contributed by atoms with van der Waals surface area (Å²) >= 11 is 0. The van der Waals surface area contributed by atoms with Crippen molar-refractivity contribution in [3.05, 3.63) is 12.1 Å². The number of nitrogens with two attached hydrogens (primary N) is 1. The summed E-state index contributed by atoms with van der Waals surface area (Å²) in [7, 11) is 0. The molecule has 1 aromatic rings. The van der Waals surface area contributed by atoms with Crippen molar-refractivity contribution in [1.29, 1.82) is 0 Å². The van der Waals surface area contributed by atoms with Gasteiger partial charge in [-0.05, 0) is 37.3 Å². The third kappa shape index (κ3) is 4.02. The molecule has 1 aliphatic carbocycles. The second-order valence-electron chi connectivity index (χ2n) is 4.14. The fraction of sp³-hybridized carbons (Fsp3) is 0.636. The van der Waals surface area contributed by atoms with E-state index in [0.717, 1.165) is 37.9 Å². The zero-order valence-electron chi connectivity index (χ0n) is 9.35. The van der Waals surface area contributed by atoms with E-state index in [-0.39, 0.29) is 0 Å². The van der Waals surface area contributed by atoms with Crippen LogP contribution in [0.2, 0.25) is 0 Å². The summed E-state index contributed by atoms with van der Waals surface area (Å²) in [5, 5.41) is 10.8. The molecular weight excluding hydrogens is 204 g/mol. The first-order chi connectivity index (χ1) is 7.84. The molecule has 1 aliphatic rings. The molecule has 0 bridgehead atoms. The van der Waals surface area contributed by atoms with Crippen LogP contribution in [0.15, 0.2) is 12.1 Å². The molecule has 0 unspecified atom stereocenters. The number of hydrogen-bond acceptors (Lipinski definition) is 5. The first-order valence-corrected chi connectivity index (χ1v) is 5.75. The Kier molecular flexibility index (Phi) is 3.93. The van der Waals surface area contributed by atoms with Crippen LogP contribution in [-0.2, 0) is 4.74 Å². The first kappa shape index (κ1) is 11.1. The molecule has 1 heterocycles. The molecule has 0 spiro atoms. The highest BCUT2D eigenvalue weighted by atomic mass is 16.5. The number of rotatable bonds is 7. The maximum absolute atomic E-state index is 5.52. The van der Waals surface area contributed by atoms with Crippen LogP contribution in [0.3, 0.4) is 0 Å². The lowest BCUT2D eigenvalue weighted by atomic mass is 10.4. The molecular formula is C11H18N4O. The van der Waals surface area contributed by atoms with Gasteiger partial charge in [-0.15, -0.1) is 10.2 Å². The highest BCUT2D eigenvalue weighted by Gasteiger charge is 2.20. The van der Waals surface area contributed by atoms with E-state index in [9.17, 15) is 0 Å². The van der Waals surface area contributed by atoms with E-state index in [1.54, 1.807) is 6.07 Å². The van der Waals surface area contributed by atoms with Gasteiger partial charge in [0.15, 0.2) is 0 Å². The molecule has 0 aliphatic heterocycles. The smallest absolute Gasteiger partial charge is 0.148 e. The number of anilines is 2. The van der Waals surface area contributed by atoms with E-state index in [0.29, 0.717) is 5.82 Å². The van der Waals surface area contributed by atoms with E-state index >= 15 is 0 Å². The number of hydrogen-bond donors (Lipinski definition) is 2. The minimum atomic E-state index is 0.443. The van der Waals surface area contributed by atoms with Gasteiger partial charge >= 0.3 is 0 Å². The zero-order valence-corrected chi connectivity index (χ0v) is 9.35. The summed E-state index contributed by atoms with van der Waals surface area (Å²) in [4.78, 5) is 0. The van der Waals surface area contributed by atoms with Crippen LogP contribution < -0.4 is 11.1 Å². The Morgan fingerprint density at radius 1 is 1.38 bits per heavy atom. The molecule has 16 heavy (non-hydrogen) atoms. The Bertz CT molecular complexity index is 310. The Morgan fingerprint density at radius 3 is 2.94 bits per heavy atom. The van der Waals surface area contributed by atoms with Gasteiger partial charge in [-0.25, -0.2) is 0 Å². The van der Waals surface area contributed by atoms with Crippen LogP contribution in [0, 0.1) is 5.92 Å². The summed E-state index contributed by atoms with van der Waals surface area (Å²) in [6.45, 7) is 2.59. The van der Waals surface area contributed by atoms with Crippen molar-refractivity contribution in [2.45, 2.75) is 19.3 Å². The molecule has 5 nitrogen and oxygen atoms in total. The lowest BCUT2D eigenvalue weighted by molar-refractivity contribution is 0.124. The maximum Gasteiger partial charge on any atom is 0.148 e. The van der Waals surface area contributed by atoms with Crippen LogP contribution >= 0.6 is 0 Å². The first-order valence-electron chi connectivity index (χ1n) is 5.75. The van der Waals surface area contributed by atoms with Crippen LogP contribution in [-0.4, -0.2) is 30.0 Å². The number of ether oxygens (including phenoxy) is 1. The van der Waals surface area contributed by atoms with E-state index in [2.05, 4.69) is 15.5 Å². The lowest BCUT2D eigenvalue weighted by Crippen LogP contribution is -2.08. The highest BCUT2D eigenvalue weighted by molar-refractivity contribution is 5.38. The van der Waals surface area contributed by atoms with Crippen LogP contribution in [0.5, 0.6) is 0 Å². The third-order valence-corrected chi connectivity index (χ3v) is 2.51. The Morgan fingerprint density at radius 2 is 2.25 bits per heavy atom. The standard InChI is InChI=1S/C11H18N4O/c12-10-4-5-11(15-14-10)13-6-1-7-16-8-9-2-3-9/h4-5,9H,1-3,6-8H2,(H2,12,14)(H,13,15). The van der Waals surface area contributed by atoms with Gasteiger partial charge in [0.05, 0.1) is 0 Å². The average Bonchev–Trinajstić information content (AvgIpc) is 3.10. The Hall–Kier alpha value is -1.36. The molecule has 3 N–H and O–H groups in total. The monoisotopic (exact) mass is 222 g/mol. The summed E-state index contributed by atoms with van der Waals surface area (Å²) in [6, 6.07) is 3.56. The molecule has 1 fully saturated rings. The second-order valence-corrected chi connectivity index (χ2v) is 4.14. The van der Waals surface area contributed by atoms with Crippen LogP contribution in [0.25, 0.3) is 0 Å². The topological polar surface area (TPSA) is 73.1 Å². The summed E-state index contributed by atoms with van der Waals surface area (Å²) < 4.78 is 5.52. The summed E-state index contributed by atoms with van der Waals surface area (Å²) in [6.07, 6.45) is 3.68. The highest BCUT2D eigenvalue weighted by Crippen LogP contribution is 2.28. The molecule has 1 saturated carbocycles. The van der Waals surface area contributed by atoms with Crippen LogP contribution in [0.1, 0.15) is 19.3 Å². The summed E-state index contributed by atoms with van der Waals surface area (Å²) in [5.41, 5.74) is 5.43. The van der Waals surface area contributed by atoms with Crippen molar-refractivity contribution >= 4 is 11.6 Å². The lowest BCUT2D eigenvalue weighted by Gasteiger charge is -2.05. The predicted octanol–water partition coefficient (Wildman–Crippen LogP) is 1.29. The number of nitrogen functional groups attached to an aromatic ring is 1. The van der Waals surface area contributed by atoms with Crippen molar-refractivity contribution < 1.29 is 4.74 Å². The minimum Gasteiger partial charge on any atom is -0.382 e. The summed E-state index contributed by atoms with van der Waals surface area (Å²) in [5.74, 6) is 2.05. The van der Waals surface area contributed by atoms with E-state index in [1.807, 2.05) is 6.07 Å². The van der Waals surface area contributed by atoms with E-state index < -0.39 is 0 Å². The van der Waals surface area contributed by atoms with Gasteiger partial charge in [-0.1, -0.05) is 0 Å². The van der Waals surface area contributed by atoms with Gasteiger partial charge in [0, 0.05) is 19.8 Å². The minimum absolute atomic E-state index is 0.443. The Labute approximate surface area is 95.4 Å². The van der Waals surface area contributed by atoms with Gasteiger partial charge in [-0.2, -0.15) is 0 Å². The number of nitrogens with one attached hydrogen (secondary N) is 1. The molecule has 0 saturated heterocycles. The maximum atomic E-state index is 5.52. The molecule has 2 rings (SSSR count). The molecule has 0 aromatic carbocycles. The van der Waals surface area contributed by atoms with Crippen LogP contribution in [0.4, 0.5) is 11.6 Å². The molecule has 0 radical (unpaired) electrons.